The van der Waals surface area contributed by atoms with E-state index >= 15 is 0 Å². The number of aryl methyl sites for hydroxylation is 1. The number of para-hydroxylation sites is 1. The van der Waals surface area contributed by atoms with Crippen LogP contribution in [0.4, 0.5) is 5.69 Å². The van der Waals surface area contributed by atoms with Crippen molar-refractivity contribution in [3.63, 3.8) is 0 Å². The van der Waals surface area contributed by atoms with Crippen molar-refractivity contribution in [1.29, 1.82) is 0 Å². The zero-order valence-electron chi connectivity index (χ0n) is 14.0. The summed E-state index contributed by atoms with van der Waals surface area (Å²) in [5.74, 6) is 1.56. The first-order chi connectivity index (χ1) is 11.3. The maximum absolute atomic E-state index is 12.7. The number of carbonyl (C=O) groups is 1. The molecule has 1 amide bonds. The average Bonchev–Trinajstić information content (AvgIpc) is 3.22. The molecule has 23 heavy (non-hydrogen) atoms. The lowest BCUT2D eigenvalue weighted by atomic mass is 10.1. The molecule has 0 radical (unpaired) electrons. The zero-order chi connectivity index (χ0) is 16.1. The Hall–Kier alpha value is -1.83. The summed E-state index contributed by atoms with van der Waals surface area (Å²) in [6.45, 7) is 2.04. The van der Waals surface area contributed by atoms with Crippen molar-refractivity contribution >= 4 is 11.6 Å². The number of carbonyl (C=O) groups excluding carboxylic acids is 1. The number of hydrogen-bond acceptors (Lipinski definition) is 1. The minimum absolute atomic E-state index is 0.206. The molecule has 122 valence electrons. The molecule has 0 bridgehead atoms. The van der Waals surface area contributed by atoms with Crippen LogP contribution in [0.25, 0.3) is 0 Å². The Bertz CT molecular complexity index is 578. The highest BCUT2D eigenvalue weighted by atomic mass is 16.2. The van der Waals surface area contributed by atoms with E-state index in [1.54, 1.807) is 0 Å². The summed E-state index contributed by atoms with van der Waals surface area (Å²) < 4.78 is 0. The molecule has 0 heterocycles. The van der Waals surface area contributed by atoms with Gasteiger partial charge in [0.05, 0.1) is 0 Å². The molecule has 3 rings (SSSR count). The molecule has 2 aliphatic rings. The van der Waals surface area contributed by atoms with Crippen LogP contribution < -0.4 is 5.32 Å². The summed E-state index contributed by atoms with van der Waals surface area (Å²) in [5.41, 5.74) is 2.09. The second-order valence-corrected chi connectivity index (χ2v) is 6.83. The first-order valence-corrected chi connectivity index (χ1v) is 8.94. The van der Waals surface area contributed by atoms with Crippen LogP contribution in [-0.2, 0) is 4.79 Å². The van der Waals surface area contributed by atoms with Gasteiger partial charge in [-0.2, -0.15) is 0 Å². The zero-order valence-corrected chi connectivity index (χ0v) is 14.0. The van der Waals surface area contributed by atoms with Gasteiger partial charge in [0.25, 0.3) is 0 Å². The Morgan fingerprint density at radius 2 is 1.48 bits per heavy atom. The van der Waals surface area contributed by atoms with Crippen molar-refractivity contribution in [2.45, 2.75) is 45.4 Å². The summed E-state index contributed by atoms with van der Waals surface area (Å²) in [6.07, 6.45) is 16.0. The van der Waals surface area contributed by atoms with E-state index in [4.69, 9.17) is 0 Å². The molecule has 2 aliphatic carbocycles. The minimum atomic E-state index is 0.206. The number of allylic oxidation sites excluding steroid dienone is 4. The molecule has 1 aromatic carbocycles. The molecule has 1 N–H and O–H groups in total. The number of nitrogens with one attached hydrogen (secondary N) is 1. The number of hydrogen-bond donors (Lipinski definition) is 1. The fourth-order valence-corrected chi connectivity index (χ4v) is 3.79. The SMILES string of the molecule is Cc1ccccc1NC(=O)C1[C@H]2CC/C=C\CC/C=C/CC[C@@H]12. The highest BCUT2D eigenvalue weighted by molar-refractivity contribution is 5.95. The standard InChI is InChI=1S/C21H27NO/c1-16-12-10-11-15-19(16)22-21(23)20-17-13-8-6-4-2-3-5-7-9-14-18(17)20/h4-7,10-12,15,17-18,20H,2-3,8-9,13-14H2,1H3,(H,22,23)/b6-4-,7-5+/t17-,18+,20?/m0/s1. The molecular weight excluding hydrogens is 282 g/mol. The van der Waals surface area contributed by atoms with E-state index < -0.39 is 0 Å². The normalized spacial score (nSPS) is 30.2. The summed E-state index contributed by atoms with van der Waals surface area (Å²) in [7, 11) is 0. The van der Waals surface area contributed by atoms with Crippen molar-refractivity contribution < 1.29 is 4.79 Å². The van der Waals surface area contributed by atoms with Gasteiger partial charge in [0, 0.05) is 11.6 Å². The Morgan fingerprint density at radius 1 is 0.913 bits per heavy atom. The molecule has 0 saturated heterocycles. The predicted molar refractivity (Wildman–Crippen MR) is 96.3 cm³/mol. The smallest absolute Gasteiger partial charge is 0.228 e. The van der Waals surface area contributed by atoms with Gasteiger partial charge in [-0.25, -0.2) is 0 Å². The fraction of sp³-hybridized carbons (Fsp3) is 0.476. The van der Waals surface area contributed by atoms with Gasteiger partial charge in [-0.05, 0) is 68.9 Å². The first-order valence-electron chi connectivity index (χ1n) is 8.94. The molecule has 1 aromatic rings. The van der Waals surface area contributed by atoms with Crippen LogP contribution in [0, 0.1) is 24.7 Å². The number of anilines is 1. The highest BCUT2D eigenvalue weighted by Gasteiger charge is 2.52. The monoisotopic (exact) mass is 309 g/mol. The molecule has 2 heteroatoms. The van der Waals surface area contributed by atoms with Gasteiger partial charge in [-0.15, -0.1) is 0 Å². The van der Waals surface area contributed by atoms with E-state index in [0.29, 0.717) is 11.8 Å². The van der Waals surface area contributed by atoms with Gasteiger partial charge in [0.2, 0.25) is 5.91 Å². The number of amides is 1. The van der Waals surface area contributed by atoms with E-state index in [2.05, 4.69) is 29.6 Å². The van der Waals surface area contributed by atoms with Gasteiger partial charge in [-0.1, -0.05) is 42.5 Å². The van der Waals surface area contributed by atoms with Crippen molar-refractivity contribution in [3.05, 3.63) is 54.1 Å². The third-order valence-corrected chi connectivity index (χ3v) is 5.20. The van der Waals surface area contributed by atoms with Crippen molar-refractivity contribution in [1.82, 2.24) is 0 Å². The molecule has 1 unspecified atom stereocenters. The van der Waals surface area contributed by atoms with E-state index in [0.717, 1.165) is 49.8 Å². The van der Waals surface area contributed by atoms with Crippen LogP contribution in [-0.4, -0.2) is 5.91 Å². The molecular formula is C21H27NO. The Balaban J connectivity index is 1.63. The van der Waals surface area contributed by atoms with Crippen LogP contribution in [0.1, 0.15) is 44.1 Å². The van der Waals surface area contributed by atoms with Gasteiger partial charge < -0.3 is 5.32 Å². The van der Waals surface area contributed by atoms with Crippen LogP contribution in [0.2, 0.25) is 0 Å². The van der Waals surface area contributed by atoms with Gasteiger partial charge in [0.1, 0.15) is 0 Å². The highest BCUT2D eigenvalue weighted by Crippen LogP contribution is 2.52. The summed E-state index contributed by atoms with van der Waals surface area (Å²) in [5, 5.41) is 3.15. The second-order valence-electron chi connectivity index (χ2n) is 6.83. The molecule has 1 fully saturated rings. The Kier molecular flexibility index (Phi) is 5.32. The number of rotatable bonds is 2. The average molecular weight is 309 g/mol. The third-order valence-electron chi connectivity index (χ3n) is 5.20. The van der Waals surface area contributed by atoms with E-state index in [9.17, 15) is 4.79 Å². The largest absolute Gasteiger partial charge is 0.326 e. The second kappa shape index (κ2) is 7.63. The van der Waals surface area contributed by atoms with Crippen LogP contribution >= 0.6 is 0 Å². The molecule has 0 aliphatic heterocycles. The van der Waals surface area contributed by atoms with Gasteiger partial charge >= 0.3 is 0 Å². The van der Waals surface area contributed by atoms with Crippen molar-refractivity contribution in [3.8, 4) is 0 Å². The lowest BCUT2D eigenvalue weighted by Crippen LogP contribution is -2.16. The Labute approximate surface area is 139 Å². The topological polar surface area (TPSA) is 29.1 Å². The summed E-state index contributed by atoms with van der Waals surface area (Å²) >= 11 is 0. The van der Waals surface area contributed by atoms with E-state index in [1.807, 2.05) is 31.2 Å². The van der Waals surface area contributed by atoms with E-state index in [-0.39, 0.29) is 11.8 Å². The van der Waals surface area contributed by atoms with Crippen molar-refractivity contribution in [2.24, 2.45) is 17.8 Å². The molecule has 0 aromatic heterocycles. The van der Waals surface area contributed by atoms with Crippen molar-refractivity contribution in [2.75, 3.05) is 5.32 Å². The van der Waals surface area contributed by atoms with E-state index in [1.165, 1.54) is 0 Å². The maximum atomic E-state index is 12.7. The van der Waals surface area contributed by atoms with Gasteiger partial charge in [0.15, 0.2) is 0 Å². The minimum Gasteiger partial charge on any atom is -0.326 e. The van der Waals surface area contributed by atoms with Crippen LogP contribution in [0.3, 0.4) is 0 Å². The molecule has 2 nitrogen and oxygen atoms in total. The Morgan fingerprint density at radius 3 is 2.09 bits per heavy atom. The molecule has 3 atom stereocenters. The van der Waals surface area contributed by atoms with Gasteiger partial charge in [-0.3, -0.25) is 4.79 Å². The number of benzene rings is 1. The fourth-order valence-electron chi connectivity index (χ4n) is 3.79. The molecule has 1 saturated carbocycles. The lowest BCUT2D eigenvalue weighted by molar-refractivity contribution is -0.117. The quantitative estimate of drug-likeness (QED) is 0.742. The summed E-state index contributed by atoms with van der Waals surface area (Å²) in [6, 6.07) is 8.03. The maximum Gasteiger partial charge on any atom is 0.228 e. The lowest BCUT2D eigenvalue weighted by Gasteiger charge is -2.08. The summed E-state index contributed by atoms with van der Waals surface area (Å²) in [4.78, 5) is 12.7. The molecule has 0 spiro atoms. The first kappa shape index (κ1) is 16.0. The number of fused-ring (bicyclic) bond motifs is 1. The predicted octanol–water partition coefficient (Wildman–Crippen LogP) is 5.26. The third kappa shape index (κ3) is 4.13. The van der Waals surface area contributed by atoms with Crippen LogP contribution in [0.5, 0.6) is 0 Å². The van der Waals surface area contributed by atoms with Crippen LogP contribution in [0.15, 0.2) is 48.6 Å².